The molecule has 2 heteroatoms. The van der Waals surface area contributed by atoms with Crippen LogP contribution in [0.4, 0.5) is 0 Å². The molecular weight excluding hydrogens is 212 g/mol. The second-order valence-electron chi connectivity index (χ2n) is 4.21. The van der Waals surface area contributed by atoms with Crippen molar-refractivity contribution in [1.82, 2.24) is 0 Å². The molecule has 0 unspecified atom stereocenters. The quantitative estimate of drug-likeness (QED) is 0.668. The van der Waals surface area contributed by atoms with Gasteiger partial charge < -0.3 is 4.74 Å². The highest BCUT2D eigenvalue weighted by Crippen LogP contribution is 2.25. The van der Waals surface area contributed by atoms with Crippen molar-refractivity contribution in [1.29, 1.82) is 0 Å². The largest absolute Gasteiger partial charge is 0.466 e. The lowest BCUT2D eigenvalue weighted by atomic mass is 9.91. The van der Waals surface area contributed by atoms with Crippen LogP contribution in [0, 0.1) is 0 Å². The SMILES string of the molecule is CCOC(=O)CCC[C@@H](CC)c1ccccc1. The molecule has 0 spiro atoms. The van der Waals surface area contributed by atoms with Gasteiger partial charge in [-0.3, -0.25) is 4.79 Å². The summed E-state index contributed by atoms with van der Waals surface area (Å²) in [6.45, 7) is 4.52. The molecule has 0 saturated heterocycles. The van der Waals surface area contributed by atoms with Gasteiger partial charge in [0.15, 0.2) is 0 Å². The maximum Gasteiger partial charge on any atom is 0.305 e. The molecule has 1 aromatic rings. The number of hydrogen-bond donors (Lipinski definition) is 0. The van der Waals surface area contributed by atoms with Crippen molar-refractivity contribution in [2.24, 2.45) is 0 Å². The number of ether oxygens (including phenoxy) is 1. The summed E-state index contributed by atoms with van der Waals surface area (Å²) < 4.78 is 4.92. The van der Waals surface area contributed by atoms with Gasteiger partial charge in [0.2, 0.25) is 0 Å². The molecule has 17 heavy (non-hydrogen) atoms. The van der Waals surface area contributed by atoms with E-state index in [2.05, 4.69) is 31.2 Å². The molecule has 1 aromatic carbocycles. The van der Waals surface area contributed by atoms with E-state index < -0.39 is 0 Å². The first-order chi connectivity index (χ1) is 8.27. The Bertz CT molecular complexity index is 319. The molecule has 0 aliphatic carbocycles. The summed E-state index contributed by atoms with van der Waals surface area (Å²) in [5.74, 6) is 0.487. The standard InChI is InChI=1S/C15H22O2/c1-3-13(14-9-6-5-7-10-14)11-8-12-15(16)17-4-2/h5-7,9-10,13H,3-4,8,11-12H2,1-2H3/t13-/m1/s1. The van der Waals surface area contributed by atoms with Crippen LogP contribution in [0.2, 0.25) is 0 Å². The van der Waals surface area contributed by atoms with Crippen molar-refractivity contribution >= 4 is 5.97 Å². The highest BCUT2D eigenvalue weighted by Gasteiger charge is 2.10. The van der Waals surface area contributed by atoms with Crippen molar-refractivity contribution in [3.63, 3.8) is 0 Å². The van der Waals surface area contributed by atoms with E-state index in [0.29, 0.717) is 18.9 Å². The third-order valence-electron chi connectivity index (χ3n) is 3.00. The van der Waals surface area contributed by atoms with E-state index in [1.54, 1.807) is 0 Å². The summed E-state index contributed by atoms with van der Waals surface area (Å²) in [6.07, 6.45) is 3.62. The molecule has 2 nitrogen and oxygen atoms in total. The minimum absolute atomic E-state index is 0.0737. The second-order valence-corrected chi connectivity index (χ2v) is 4.21. The lowest BCUT2D eigenvalue weighted by Gasteiger charge is -2.14. The molecule has 94 valence electrons. The van der Waals surface area contributed by atoms with Crippen molar-refractivity contribution in [2.45, 2.75) is 45.4 Å². The van der Waals surface area contributed by atoms with E-state index in [0.717, 1.165) is 19.3 Å². The van der Waals surface area contributed by atoms with Crippen LogP contribution in [0.1, 0.15) is 51.0 Å². The Hall–Kier alpha value is -1.31. The van der Waals surface area contributed by atoms with Crippen LogP contribution >= 0.6 is 0 Å². The third-order valence-corrected chi connectivity index (χ3v) is 3.00. The fourth-order valence-corrected chi connectivity index (χ4v) is 2.06. The zero-order valence-electron chi connectivity index (χ0n) is 10.8. The van der Waals surface area contributed by atoms with Gasteiger partial charge in [0.1, 0.15) is 0 Å². The molecule has 0 saturated carbocycles. The summed E-state index contributed by atoms with van der Waals surface area (Å²) in [4.78, 5) is 11.2. The summed E-state index contributed by atoms with van der Waals surface area (Å²) in [6, 6.07) is 10.5. The van der Waals surface area contributed by atoms with Crippen LogP contribution in [-0.4, -0.2) is 12.6 Å². The molecular formula is C15H22O2. The molecule has 0 fully saturated rings. The first-order valence-corrected chi connectivity index (χ1v) is 6.48. The minimum Gasteiger partial charge on any atom is -0.466 e. The number of hydrogen-bond acceptors (Lipinski definition) is 2. The van der Waals surface area contributed by atoms with Crippen LogP contribution in [0.15, 0.2) is 30.3 Å². The van der Waals surface area contributed by atoms with Crippen molar-refractivity contribution in [2.75, 3.05) is 6.61 Å². The van der Waals surface area contributed by atoms with Gasteiger partial charge in [-0.2, -0.15) is 0 Å². The lowest BCUT2D eigenvalue weighted by Crippen LogP contribution is -2.05. The predicted molar refractivity (Wildman–Crippen MR) is 70.0 cm³/mol. The average molecular weight is 234 g/mol. The van der Waals surface area contributed by atoms with E-state index in [-0.39, 0.29) is 5.97 Å². The molecule has 0 aromatic heterocycles. The van der Waals surface area contributed by atoms with Gasteiger partial charge in [0.25, 0.3) is 0 Å². The molecule has 1 atom stereocenters. The third kappa shape index (κ3) is 5.03. The highest BCUT2D eigenvalue weighted by atomic mass is 16.5. The molecule has 0 radical (unpaired) electrons. The van der Waals surface area contributed by atoms with Gasteiger partial charge in [0.05, 0.1) is 6.61 Å². The zero-order chi connectivity index (χ0) is 12.5. The van der Waals surface area contributed by atoms with Crippen molar-refractivity contribution in [3.05, 3.63) is 35.9 Å². The topological polar surface area (TPSA) is 26.3 Å². The van der Waals surface area contributed by atoms with Crippen LogP contribution in [0.25, 0.3) is 0 Å². The summed E-state index contributed by atoms with van der Waals surface area (Å²) in [5.41, 5.74) is 1.37. The fraction of sp³-hybridized carbons (Fsp3) is 0.533. The second kappa shape index (κ2) is 7.88. The number of benzene rings is 1. The molecule has 0 bridgehead atoms. The van der Waals surface area contributed by atoms with Crippen LogP contribution in [0.3, 0.4) is 0 Å². The Labute approximate surface area is 104 Å². The predicted octanol–water partition coefficient (Wildman–Crippen LogP) is 3.91. The van der Waals surface area contributed by atoms with Crippen LogP contribution < -0.4 is 0 Å². The zero-order valence-corrected chi connectivity index (χ0v) is 10.8. The summed E-state index contributed by atoms with van der Waals surface area (Å²) in [5, 5.41) is 0. The van der Waals surface area contributed by atoms with Crippen molar-refractivity contribution < 1.29 is 9.53 Å². The molecule has 0 amide bonds. The van der Waals surface area contributed by atoms with Gasteiger partial charge in [-0.25, -0.2) is 0 Å². The Morgan fingerprint density at radius 1 is 1.24 bits per heavy atom. The molecule has 0 heterocycles. The Morgan fingerprint density at radius 2 is 1.94 bits per heavy atom. The average Bonchev–Trinajstić information content (AvgIpc) is 2.36. The van der Waals surface area contributed by atoms with E-state index >= 15 is 0 Å². The molecule has 0 aliphatic rings. The van der Waals surface area contributed by atoms with Crippen molar-refractivity contribution in [3.8, 4) is 0 Å². The van der Waals surface area contributed by atoms with Crippen LogP contribution in [-0.2, 0) is 9.53 Å². The molecule has 1 rings (SSSR count). The van der Waals surface area contributed by atoms with E-state index in [4.69, 9.17) is 4.74 Å². The van der Waals surface area contributed by atoms with Gasteiger partial charge in [-0.05, 0) is 37.7 Å². The van der Waals surface area contributed by atoms with Gasteiger partial charge in [-0.15, -0.1) is 0 Å². The van der Waals surface area contributed by atoms with Gasteiger partial charge >= 0.3 is 5.97 Å². The fourth-order valence-electron chi connectivity index (χ4n) is 2.06. The molecule has 0 N–H and O–H groups in total. The maximum atomic E-state index is 11.2. The first-order valence-electron chi connectivity index (χ1n) is 6.48. The lowest BCUT2D eigenvalue weighted by molar-refractivity contribution is -0.143. The number of esters is 1. The maximum absolute atomic E-state index is 11.2. The van der Waals surface area contributed by atoms with Gasteiger partial charge in [0, 0.05) is 6.42 Å². The van der Waals surface area contributed by atoms with Crippen LogP contribution in [0.5, 0.6) is 0 Å². The minimum atomic E-state index is -0.0737. The smallest absolute Gasteiger partial charge is 0.305 e. The van der Waals surface area contributed by atoms with E-state index in [1.165, 1.54) is 5.56 Å². The summed E-state index contributed by atoms with van der Waals surface area (Å²) in [7, 11) is 0. The highest BCUT2D eigenvalue weighted by molar-refractivity contribution is 5.69. The van der Waals surface area contributed by atoms with Gasteiger partial charge in [-0.1, -0.05) is 37.3 Å². The molecule has 0 aliphatic heterocycles. The summed E-state index contributed by atoms with van der Waals surface area (Å²) >= 11 is 0. The number of rotatable bonds is 7. The van der Waals surface area contributed by atoms with E-state index in [9.17, 15) is 4.79 Å². The Kier molecular flexibility index (Phi) is 6.38. The normalized spacial score (nSPS) is 12.1. The number of carbonyl (C=O) groups is 1. The van der Waals surface area contributed by atoms with E-state index in [1.807, 2.05) is 13.0 Å². The first kappa shape index (κ1) is 13.8. The monoisotopic (exact) mass is 234 g/mol. The Morgan fingerprint density at radius 3 is 2.53 bits per heavy atom. The number of carbonyl (C=O) groups excluding carboxylic acids is 1. The Balaban J connectivity index is 2.36.